The van der Waals surface area contributed by atoms with E-state index in [9.17, 15) is 4.79 Å². The molecule has 1 heterocycles. The molecule has 1 aliphatic carbocycles. The average Bonchev–Trinajstić information content (AvgIpc) is 3.11. The molecule has 0 N–H and O–H groups in total. The van der Waals surface area contributed by atoms with Gasteiger partial charge in [0.25, 0.3) is 0 Å². The summed E-state index contributed by atoms with van der Waals surface area (Å²) in [7, 11) is 0. The maximum Gasteiger partial charge on any atom is 0.410 e. The first kappa shape index (κ1) is 15.3. The van der Waals surface area contributed by atoms with Crippen molar-refractivity contribution in [1.82, 2.24) is 4.90 Å². The molecule has 2 unspecified atom stereocenters. The lowest BCUT2D eigenvalue weighted by atomic mass is 9.92. The lowest BCUT2D eigenvalue weighted by Gasteiger charge is -2.42. The lowest BCUT2D eigenvalue weighted by Crippen LogP contribution is -2.55. The lowest BCUT2D eigenvalue weighted by molar-refractivity contribution is 0.00136. The summed E-state index contributed by atoms with van der Waals surface area (Å²) in [6.07, 6.45) is 1.82. The minimum absolute atomic E-state index is 0.225. The van der Waals surface area contributed by atoms with Crippen LogP contribution < -0.4 is 0 Å². The predicted octanol–water partition coefficient (Wildman–Crippen LogP) is 3.52. The van der Waals surface area contributed by atoms with E-state index in [0.717, 1.165) is 12.8 Å². The summed E-state index contributed by atoms with van der Waals surface area (Å²) in [5.74, 6) is 0. The SMILES string of the molecule is CC(C)(C)OC(=O)N1CC(N=[N+]=[N-])C(N=[N+]=[N-])CC12CC2. The van der Waals surface area contributed by atoms with E-state index in [2.05, 4.69) is 20.1 Å². The zero-order chi connectivity index (χ0) is 15.7. The highest BCUT2D eigenvalue weighted by molar-refractivity contribution is 5.70. The van der Waals surface area contributed by atoms with Crippen molar-refractivity contribution in [2.45, 2.75) is 63.3 Å². The molecule has 9 nitrogen and oxygen atoms in total. The highest BCUT2D eigenvalue weighted by atomic mass is 16.6. The summed E-state index contributed by atoms with van der Waals surface area (Å²) in [6, 6.07) is -0.961. The molecule has 1 amide bonds. The van der Waals surface area contributed by atoms with Crippen LogP contribution in [-0.2, 0) is 4.74 Å². The van der Waals surface area contributed by atoms with E-state index in [1.165, 1.54) is 0 Å². The van der Waals surface area contributed by atoms with Gasteiger partial charge >= 0.3 is 6.09 Å². The van der Waals surface area contributed by atoms with Crippen LogP contribution in [0.4, 0.5) is 4.79 Å². The zero-order valence-corrected chi connectivity index (χ0v) is 12.4. The topological polar surface area (TPSA) is 127 Å². The Hall–Kier alpha value is -2.11. The van der Waals surface area contributed by atoms with Crippen LogP contribution in [0.1, 0.15) is 40.0 Å². The largest absolute Gasteiger partial charge is 0.444 e. The van der Waals surface area contributed by atoms with Crippen molar-refractivity contribution in [2.24, 2.45) is 10.2 Å². The third-order valence-electron chi connectivity index (χ3n) is 3.82. The number of likely N-dealkylation sites (tertiary alicyclic amines) is 1. The summed E-state index contributed by atoms with van der Waals surface area (Å²) >= 11 is 0. The van der Waals surface area contributed by atoms with Gasteiger partial charge in [-0.05, 0) is 51.1 Å². The second kappa shape index (κ2) is 5.35. The quantitative estimate of drug-likeness (QED) is 0.438. The van der Waals surface area contributed by atoms with Gasteiger partial charge in [-0.25, -0.2) is 4.79 Å². The number of carbonyl (C=O) groups is 1. The normalized spacial score (nSPS) is 26.5. The fourth-order valence-electron chi connectivity index (χ4n) is 2.71. The van der Waals surface area contributed by atoms with Gasteiger partial charge in [0.05, 0.1) is 6.04 Å². The van der Waals surface area contributed by atoms with Crippen LogP contribution in [-0.4, -0.2) is 40.8 Å². The number of amides is 1. The number of azide groups is 2. The van der Waals surface area contributed by atoms with Gasteiger partial charge in [-0.15, -0.1) is 0 Å². The van der Waals surface area contributed by atoms with Crippen molar-refractivity contribution in [2.75, 3.05) is 6.54 Å². The molecule has 1 saturated carbocycles. The first-order valence-electron chi connectivity index (χ1n) is 6.90. The Morgan fingerprint density at radius 2 is 1.81 bits per heavy atom. The molecule has 2 atom stereocenters. The highest BCUT2D eigenvalue weighted by Crippen LogP contribution is 2.50. The molecule has 0 aromatic carbocycles. The van der Waals surface area contributed by atoms with E-state index in [4.69, 9.17) is 15.8 Å². The van der Waals surface area contributed by atoms with Crippen LogP contribution in [0.2, 0.25) is 0 Å². The van der Waals surface area contributed by atoms with Crippen LogP contribution >= 0.6 is 0 Å². The summed E-state index contributed by atoms with van der Waals surface area (Å²) < 4.78 is 5.42. The number of hydrogen-bond acceptors (Lipinski definition) is 4. The fourth-order valence-corrected chi connectivity index (χ4v) is 2.71. The van der Waals surface area contributed by atoms with Crippen LogP contribution in [0.3, 0.4) is 0 Å². The van der Waals surface area contributed by atoms with Crippen molar-refractivity contribution in [3.63, 3.8) is 0 Å². The monoisotopic (exact) mass is 293 g/mol. The van der Waals surface area contributed by atoms with Crippen LogP contribution in [0, 0.1) is 0 Å². The van der Waals surface area contributed by atoms with E-state index in [0.29, 0.717) is 6.42 Å². The Balaban J connectivity index is 2.20. The minimum Gasteiger partial charge on any atom is -0.444 e. The van der Waals surface area contributed by atoms with Crippen molar-refractivity contribution >= 4 is 6.09 Å². The molecule has 0 bridgehead atoms. The van der Waals surface area contributed by atoms with E-state index in [1.54, 1.807) is 4.90 Å². The third kappa shape index (κ3) is 3.32. The van der Waals surface area contributed by atoms with Gasteiger partial charge in [-0.1, -0.05) is 10.2 Å². The summed E-state index contributed by atoms with van der Waals surface area (Å²) in [5.41, 5.74) is 16.4. The van der Waals surface area contributed by atoms with E-state index in [-0.39, 0.29) is 12.1 Å². The van der Waals surface area contributed by atoms with Crippen molar-refractivity contribution in [3.05, 3.63) is 20.9 Å². The number of hydrogen-bond donors (Lipinski definition) is 0. The molecule has 1 saturated heterocycles. The molecule has 1 aliphatic heterocycles. The van der Waals surface area contributed by atoms with Crippen LogP contribution in [0.5, 0.6) is 0 Å². The number of piperidine rings is 1. The van der Waals surface area contributed by atoms with Gasteiger partial charge in [-0.3, -0.25) is 0 Å². The predicted molar refractivity (Wildman–Crippen MR) is 75.4 cm³/mol. The standard InChI is InChI=1S/C12H19N7O2/c1-11(2,3)21-10(20)19-7-9(16-18-14)8(15-17-13)6-12(19)4-5-12/h8-9H,4-7H2,1-3H3. The first-order valence-corrected chi connectivity index (χ1v) is 6.90. The number of ether oxygens (including phenoxy) is 1. The molecule has 21 heavy (non-hydrogen) atoms. The van der Waals surface area contributed by atoms with E-state index in [1.807, 2.05) is 20.8 Å². The highest BCUT2D eigenvalue weighted by Gasteiger charge is 2.56. The molecule has 1 spiro atoms. The Labute approximate surface area is 122 Å². The minimum atomic E-state index is -0.581. The Morgan fingerprint density at radius 1 is 1.24 bits per heavy atom. The van der Waals surface area contributed by atoms with Gasteiger partial charge in [0.15, 0.2) is 0 Å². The maximum atomic E-state index is 12.3. The van der Waals surface area contributed by atoms with Gasteiger partial charge < -0.3 is 9.64 Å². The third-order valence-corrected chi connectivity index (χ3v) is 3.82. The molecule has 2 aliphatic rings. The second-order valence-corrected chi connectivity index (χ2v) is 6.56. The molecular formula is C12H19N7O2. The first-order chi connectivity index (χ1) is 9.81. The summed E-state index contributed by atoms with van der Waals surface area (Å²) in [6.45, 7) is 5.65. The molecule has 0 aromatic heterocycles. The van der Waals surface area contributed by atoms with Gasteiger partial charge in [0, 0.05) is 27.9 Å². The molecule has 0 aromatic rings. The molecule has 114 valence electrons. The van der Waals surface area contributed by atoms with Gasteiger partial charge in [0.2, 0.25) is 0 Å². The molecule has 2 fully saturated rings. The van der Waals surface area contributed by atoms with E-state index >= 15 is 0 Å². The average molecular weight is 293 g/mol. The molecule has 9 heteroatoms. The Kier molecular flexibility index (Phi) is 3.89. The van der Waals surface area contributed by atoms with Gasteiger partial charge in [0.1, 0.15) is 5.60 Å². The molecular weight excluding hydrogens is 274 g/mol. The van der Waals surface area contributed by atoms with Crippen LogP contribution in [0.15, 0.2) is 10.2 Å². The Morgan fingerprint density at radius 3 is 2.29 bits per heavy atom. The number of rotatable bonds is 2. The van der Waals surface area contributed by atoms with Gasteiger partial charge in [-0.2, -0.15) is 0 Å². The Bertz CT molecular complexity index is 524. The molecule has 0 radical (unpaired) electrons. The fraction of sp³-hybridized carbons (Fsp3) is 0.917. The smallest absolute Gasteiger partial charge is 0.410 e. The van der Waals surface area contributed by atoms with E-state index < -0.39 is 23.8 Å². The zero-order valence-electron chi connectivity index (χ0n) is 12.4. The van der Waals surface area contributed by atoms with Crippen molar-refractivity contribution in [1.29, 1.82) is 0 Å². The number of carbonyl (C=O) groups excluding carboxylic acids is 1. The summed E-state index contributed by atoms with van der Waals surface area (Å²) in [5, 5.41) is 7.40. The van der Waals surface area contributed by atoms with Crippen LogP contribution in [0.25, 0.3) is 20.9 Å². The number of nitrogens with zero attached hydrogens (tertiary/aromatic N) is 7. The van der Waals surface area contributed by atoms with Crippen molar-refractivity contribution in [3.8, 4) is 0 Å². The molecule has 2 rings (SSSR count). The maximum absolute atomic E-state index is 12.3. The summed E-state index contributed by atoms with van der Waals surface area (Å²) in [4.78, 5) is 19.6. The second-order valence-electron chi connectivity index (χ2n) is 6.56. The van der Waals surface area contributed by atoms with Crippen molar-refractivity contribution < 1.29 is 9.53 Å².